The van der Waals surface area contributed by atoms with Crippen LogP contribution in [0, 0.1) is 11.6 Å². The molecule has 4 aromatic rings. The van der Waals surface area contributed by atoms with E-state index in [1.54, 1.807) is 6.07 Å². The number of nitrogens with one attached hydrogen (secondary N) is 1. The molecule has 0 saturated carbocycles. The van der Waals surface area contributed by atoms with Gasteiger partial charge in [0.1, 0.15) is 23.4 Å². The van der Waals surface area contributed by atoms with E-state index in [9.17, 15) is 18.7 Å². The van der Waals surface area contributed by atoms with Gasteiger partial charge in [-0.2, -0.15) is 4.98 Å². The van der Waals surface area contributed by atoms with E-state index in [1.807, 2.05) is 0 Å². The maximum atomic E-state index is 15.3. The number of halogens is 4. The minimum absolute atomic E-state index is 0.0473. The van der Waals surface area contributed by atoms with E-state index in [0.717, 1.165) is 12.1 Å². The second kappa shape index (κ2) is 8.96. The molecule has 4 N–H and O–H groups in total. The third kappa shape index (κ3) is 4.42. The maximum absolute atomic E-state index is 15.3. The summed E-state index contributed by atoms with van der Waals surface area (Å²) >= 11 is 6.08. The van der Waals surface area contributed by atoms with Gasteiger partial charge in [0.2, 0.25) is 5.95 Å². The normalized spacial score (nSPS) is 14.1. The number of aromatic nitrogens is 3. The lowest BCUT2D eigenvalue weighted by Gasteiger charge is -2.28. The van der Waals surface area contributed by atoms with Crippen LogP contribution in [-0.2, 0) is 5.60 Å². The quantitative estimate of drug-likeness (QED) is 0.381. The molecule has 176 valence electrons. The minimum atomic E-state index is -2.03. The summed E-state index contributed by atoms with van der Waals surface area (Å²) < 4.78 is 44.7. The molecule has 7 nitrogen and oxygen atoms in total. The summed E-state index contributed by atoms with van der Waals surface area (Å²) in [4.78, 5) is 16.7. The fraction of sp³-hybridized carbons (Fsp3) is 0.174. The average Bonchev–Trinajstić information content (AvgIpc) is 3.17. The van der Waals surface area contributed by atoms with Crippen LogP contribution in [0.1, 0.15) is 22.8 Å². The summed E-state index contributed by atoms with van der Waals surface area (Å²) in [7, 11) is 0. The zero-order chi connectivity index (χ0) is 24.6. The van der Waals surface area contributed by atoms with Gasteiger partial charge in [0.05, 0.1) is 17.1 Å². The molecule has 2 heterocycles. The molecule has 2 aromatic heterocycles. The summed E-state index contributed by atoms with van der Waals surface area (Å²) in [5.74, 6) is -2.37. The van der Waals surface area contributed by atoms with Gasteiger partial charge in [-0.25, -0.2) is 17.7 Å². The van der Waals surface area contributed by atoms with E-state index in [0.29, 0.717) is 11.2 Å². The number of nitrogen functional groups attached to an aromatic ring is 1. The first-order valence-electron chi connectivity index (χ1n) is 10.1. The Balaban J connectivity index is 1.56. The number of nitrogens with zero attached hydrogens (tertiary/aromatic N) is 3. The van der Waals surface area contributed by atoms with Crippen molar-refractivity contribution in [1.82, 2.24) is 19.9 Å². The Morgan fingerprint density at radius 1 is 1.24 bits per heavy atom. The number of carbonyl (C=O) groups excluding carboxylic acids is 1. The average molecular weight is 490 g/mol. The minimum Gasteiger partial charge on any atom is -0.382 e. The van der Waals surface area contributed by atoms with Crippen LogP contribution in [0.2, 0.25) is 5.02 Å². The number of amides is 1. The number of nitrogens with two attached hydrogens (primary N) is 1. The summed E-state index contributed by atoms with van der Waals surface area (Å²) in [5, 5.41) is 16.6. The number of rotatable bonds is 6. The molecule has 1 unspecified atom stereocenters. The first kappa shape index (κ1) is 23.5. The molecule has 0 spiro atoms. The van der Waals surface area contributed by atoms with Crippen LogP contribution < -0.4 is 11.1 Å². The largest absolute Gasteiger partial charge is 0.382 e. The van der Waals surface area contributed by atoms with Gasteiger partial charge in [0, 0.05) is 11.8 Å². The second-order valence-corrected chi connectivity index (χ2v) is 8.21. The van der Waals surface area contributed by atoms with Crippen molar-refractivity contribution in [3.8, 4) is 11.1 Å². The van der Waals surface area contributed by atoms with Gasteiger partial charge < -0.3 is 16.2 Å². The second-order valence-electron chi connectivity index (χ2n) is 7.80. The van der Waals surface area contributed by atoms with Gasteiger partial charge in [-0.05, 0) is 54.4 Å². The number of anilines is 1. The van der Waals surface area contributed by atoms with Crippen molar-refractivity contribution in [3.63, 3.8) is 0 Å². The van der Waals surface area contributed by atoms with E-state index >= 15 is 4.39 Å². The lowest BCUT2D eigenvalue weighted by molar-refractivity contribution is -0.0229. The Kier molecular flexibility index (Phi) is 6.20. The molecule has 0 bridgehead atoms. The monoisotopic (exact) mass is 489 g/mol. The van der Waals surface area contributed by atoms with Crippen LogP contribution in [0.3, 0.4) is 0 Å². The van der Waals surface area contributed by atoms with Crippen LogP contribution in [-0.4, -0.2) is 38.3 Å². The maximum Gasteiger partial charge on any atom is 0.255 e. The Labute approximate surface area is 197 Å². The SMILES string of the molecule is CC(O)(c1ccc(F)cc1)[C@H](F)CNC(=O)c1c(Cl)ccc(-c2ccn3nc(N)nc3c2)c1F. The lowest BCUT2D eigenvalue weighted by Crippen LogP contribution is -2.42. The third-order valence-corrected chi connectivity index (χ3v) is 5.78. The van der Waals surface area contributed by atoms with Gasteiger partial charge in [-0.3, -0.25) is 4.79 Å². The first-order valence-corrected chi connectivity index (χ1v) is 10.5. The molecule has 0 saturated heterocycles. The highest BCUT2D eigenvalue weighted by Crippen LogP contribution is 2.31. The highest BCUT2D eigenvalue weighted by Gasteiger charge is 2.34. The molecule has 0 aliphatic carbocycles. The van der Waals surface area contributed by atoms with Crippen LogP contribution in [0.25, 0.3) is 16.8 Å². The predicted molar refractivity (Wildman–Crippen MR) is 121 cm³/mol. The smallest absolute Gasteiger partial charge is 0.255 e. The van der Waals surface area contributed by atoms with Gasteiger partial charge in [-0.1, -0.05) is 23.7 Å². The van der Waals surface area contributed by atoms with E-state index < -0.39 is 41.4 Å². The Morgan fingerprint density at radius 2 is 1.94 bits per heavy atom. The summed E-state index contributed by atoms with van der Waals surface area (Å²) in [6, 6.07) is 10.5. The molecule has 0 radical (unpaired) electrons. The number of aliphatic hydroxyl groups is 1. The highest BCUT2D eigenvalue weighted by molar-refractivity contribution is 6.34. The van der Waals surface area contributed by atoms with Crippen molar-refractivity contribution in [2.75, 3.05) is 12.3 Å². The fourth-order valence-corrected chi connectivity index (χ4v) is 3.72. The summed E-state index contributed by atoms with van der Waals surface area (Å²) in [6.45, 7) is 0.548. The number of pyridine rings is 1. The number of alkyl halides is 1. The molecule has 34 heavy (non-hydrogen) atoms. The standard InChI is InChI=1S/C23H19ClF3N5O2/c1-23(34,13-2-4-14(25)5-3-13)17(26)11-29-21(33)19-16(24)7-6-15(20(19)27)12-8-9-32-18(10-12)30-22(28)31-32/h2-10,17,34H,11H2,1H3,(H2,28,31)(H,29,33)/t17-,23?/m1/s1. The van der Waals surface area contributed by atoms with Gasteiger partial charge >= 0.3 is 0 Å². The molecule has 1 amide bonds. The molecule has 2 aromatic carbocycles. The van der Waals surface area contributed by atoms with E-state index in [1.165, 1.54) is 48.0 Å². The third-order valence-electron chi connectivity index (χ3n) is 5.46. The van der Waals surface area contributed by atoms with Crippen molar-refractivity contribution in [2.45, 2.75) is 18.7 Å². The van der Waals surface area contributed by atoms with Crippen LogP contribution in [0.15, 0.2) is 54.7 Å². The van der Waals surface area contributed by atoms with Crippen LogP contribution in [0.4, 0.5) is 19.1 Å². The lowest BCUT2D eigenvalue weighted by atomic mass is 9.91. The fourth-order valence-electron chi connectivity index (χ4n) is 3.49. The van der Waals surface area contributed by atoms with Crippen molar-refractivity contribution >= 4 is 29.1 Å². The zero-order valence-corrected chi connectivity index (χ0v) is 18.5. The van der Waals surface area contributed by atoms with Crippen molar-refractivity contribution in [2.24, 2.45) is 0 Å². The molecule has 0 fully saturated rings. The molecule has 11 heteroatoms. The van der Waals surface area contributed by atoms with Crippen LogP contribution in [0.5, 0.6) is 0 Å². The van der Waals surface area contributed by atoms with Crippen LogP contribution >= 0.6 is 11.6 Å². The summed E-state index contributed by atoms with van der Waals surface area (Å²) in [5.41, 5.74) is 4.02. The molecular weight excluding hydrogens is 471 g/mol. The Bertz CT molecular complexity index is 1380. The van der Waals surface area contributed by atoms with Gasteiger partial charge in [0.15, 0.2) is 5.65 Å². The molecule has 0 aliphatic heterocycles. The zero-order valence-electron chi connectivity index (χ0n) is 17.8. The Morgan fingerprint density at radius 3 is 2.65 bits per heavy atom. The van der Waals surface area contributed by atoms with E-state index in [4.69, 9.17) is 17.3 Å². The number of hydrogen-bond acceptors (Lipinski definition) is 5. The number of hydrogen-bond donors (Lipinski definition) is 3. The molecule has 4 rings (SSSR count). The molecule has 2 atom stereocenters. The summed E-state index contributed by atoms with van der Waals surface area (Å²) in [6.07, 6.45) is -0.444. The first-order chi connectivity index (χ1) is 16.1. The number of carbonyl (C=O) groups is 1. The highest BCUT2D eigenvalue weighted by atomic mass is 35.5. The van der Waals surface area contributed by atoms with Crippen molar-refractivity contribution in [1.29, 1.82) is 0 Å². The molecular formula is C23H19ClF3N5O2. The Hall–Kier alpha value is -3.63. The molecule has 0 aliphatic rings. The topological polar surface area (TPSA) is 106 Å². The van der Waals surface area contributed by atoms with E-state index in [-0.39, 0.29) is 22.1 Å². The van der Waals surface area contributed by atoms with Crippen molar-refractivity contribution < 1.29 is 23.1 Å². The van der Waals surface area contributed by atoms with E-state index in [2.05, 4.69) is 15.4 Å². The van der Waals surface area contributed by atoms with Crippen molar-refractivity contribution in [3.05, 3.63) is 82.5 Å². The predicted octanol–water partition coefficient (Wildman–Crippen LogP) is 3.89. The van der Waals surface area contributed by atoms with Gasteiger partial charge in [-0.15, -0.1) is 5.10 Å². The van der Waals surface area contributed by atoms with Gasteiger partial charge in [0.25, 0.3) is 5.91 Å². The number of benzene rings is 2. The number of fused-ring (bicyclic) bond motifs is 1.